The van der Waals surface area contributed by atoms with Gasteiger partial charge >= 0.3 is 0 Å². The highest BCUT2D eigenvalue weighted by molar-refractivity contribution is 6.10. The maximum Gasteiger partial charge on any atom is 0.164 e. The second kappa shape index (κ2) is 29.1. The molecule has 128 heavy (non-hydrogen) atoms. The maximum atomic E-state index is 5.29. The second-order valence-electron chi connectivity index (χ2n) is 39.5. The van der Waals surface area contributed by atoms with E-state index >= 15 is 0 Å². The van der Waals surface area contributed by atoms with Crippen LogP contribution in [0.25, 0.3) is 174 Å². The largest absolute Gasteiger partial charge is 0.309 e. The number of aryl methyl sites for hydroxylation is 2. The molecule has 29 rings (SSSR count). The number of hydrogen-bond acceptors (Lipinski definition) is 6. The van der Waals surface area contributed by atoms with Gasteiger partial charge in [-0.3, -0.25) is 0 Å². The predicted molar refractivity (Wildman–Crippen MR) is 522 cm³/mol. The van der Waals surface area contributed by atoms with Gasteiger partial charge in [0.25, 0.3) is 0 Å². The van der Waals surface area contributed by atoms with Crippen molar-refractivity contribution in [3.05, 3.63) is 390 Å². The minimum atomic E-state index is -0.105. The first-order valence-electron chi connectivity index (χ1n) is 46.8. The molecule has 11 aliphatic rings. The molecule has 8 bridgehead atoms. The fourth-order valence-corrected chi connectivity index (χ4v) is 26.9. The first kappa shape index (κ1) is 75.5. The zero-order chi connectivity index (χ0) is 84.8. The van der Waals surface area contributed by atoms with E-state index in [1.807, 2.05) is 48.5 Å². The van der Waals surface area contributed by atoms with Gasteiger partial charge in [0.2, 0.25) is 0 Å². The van der Waals surface area contributed by atoms with E-state index in [0.717, 1.165) is 73.9 Å². The molecule has 18 aromatic rings. The molecule has 0 radical (unpaired) electrons. The van der Waals surface area contributed by atoms with Gasteiger partial charge in [-0.25, -0.2) is 29.9 Å². The van der Waals surface area contributed by atoms with E-state index in [4.69, 9.17) is 29.9 Å². The normalized spacial score (nSPS) is 22.0. The molecule has 15 aromatic carbocycles. The average Bonchev–Trinajstić information content (AvgIpc) is 1.30. The Morgan fingerprint density at radius 2 is 0.539 bits per heavy atom. The maximum absolute atomic E-state index is 5.29. The topological polar surface area (TPSA) is 82.3 Å². The molecule has 0 atom stereocenters. The summed E-state index contributed by atoms with van der Waals surface area (Å²) in [5.41, 5.74) is 39.2. The molecule has 8 saturated carbocycles. The summed E-state index contributed by atoms with van der Waals surface area (Å²) in [5.74, 6) is 10.4. The number of fused-ring (bicyclic) bond motifs is 12. The van der Waals surface area contributed by atoms with Gasteiger partial charge in [-0.05, 0) is 316 Å². The monoisotopic (exact) mass is 1650 g/mol. The standard InChI is InChI=1S/C62H48N4.C59H49N3/c1-38-21-26-55-54(27-38)51-24-22-43(36-56(51)62(55)48-29-39-28-40(31-48)32-49(62)30-39)45-33-46(44-23-25-53-52-19-11-12-20-57(52)66(58(53)37-44)50-17-9-4-10-18-50)35-47(34-45)61-64-59(41-13-5-2-6-14-41)63-60(65-61)42-15-7-3-8-16-42;1-35-18-23-52-50(24-35)49-22-20-41(34-54(49)59(52)45-26-36-25-37(28-45)29-46(59)27-36)43-30-42(40-19-21-48-47-16-10-11-17-51(47)58(2,3)53(48)33-40)31-44(32-43)57-61-55(38-12-6-4-7-13-38)60-56(62-57)39-14-8-5-9-15-39/h2-27,33-37,39-40,48-49H,28-32H2,1H3;4-24,30-34,36-37,45-46H,25-29H2,1-3H3. The fraction of sp³-hybridized carbons (Fsp3) is 0.207. The Kier molecular flexibility index (Phi) is 17.1. The number of benzene rings is 15. The Morgan fingerprint density at radius 1 is 0.219 bits per heavy atom. The van der Waals surface area contributed by atoms with Crippen molar-refractivity contribution in [3.63, 3.8) is 0 Å². The number of aromatic nitrogens is 7. The second-order valence-corrected chi connectivity index (χ2v) is 39.5. The molecule has 11 aliphatic carbocycles. The van der Waals surface area contributed by atoms with E-state index in [9.17, 15) is 0 Å². The van der Waals surface area contributed by atoms with Crippen LogP contribution < -0.4 is 0 Å². The van der Waals surface area contributed by atoms with Gasteiger partial charge in [0.05, 0.1) is 11.0 Å². The zero-order valence-electron chi connectivity index (χ0n) is 72.7. The van der Waals surface area contributed by atoms with E-state index in [1.165, 1.54) is 175 Å². The van der Waals surface area contributed by atoms with Gasteiger partial charge in [-0.1, -0.05) is 292 Å². The fourth-order valence-electron chi connectivity index (χ4n) is 26.9. The van der Waals surface area contributed by atoms with Crippen LogP contribution in [-0.2, 0) is 16.2 Å². The van der Waals surface area contributed by atoms with Crippen molar-refractivity contribution in [1.82, 2.24) is 34.5 Å². The first-order chi connectivity index (χ1) is 62.9. The molecule has 0 unspecified atom stereocenters. The molecule has 8 fully saturated rings. The van der Waals surface area contributed by atoms with Crippen LogP contribution in [0.2, 0.25) is 0 Å². The number of para-hydroxylation sites is 2. The van der Waals surface area contributed by atoms with E-state index in [2.05, 4.69) is 330 Å². The van der Waals surface area contributed by atoms with Crippen LogP contribution in [0.1, 0.15) is 123 Å². The van der Waals surface area contributed by atoms with Crippen molar-refractivity contribution < 1.29 is 0 Å². The molecule has 3 heterocycles. The molecule has 616 valence electrons. The van der Waals surface area contributed by atoms with Gasteiger partial charge in [0.15, 0.2) is 34.9 Å². The van der Waals surface area contributed by atoms with E-state index < -0.39 is 0 Å². The predicted octanol–water partition coefficient (Wildman–Crippen LogP) is 29.9. The van der Waals surface area contributed by atoms with Crippen molar-refractivity contribution in [2.45, 2.75) is 108 Å². The van der Waals surface area contributed by atoms with Crippen molar-refractivity contribution >= 4 is 21.8 Å². The summed E-state index contributed by atoms with van der Waals surface area (Å²) < 4.78 is 2.41. The molecule has 2 spiro atoms. The molecule has 0 amide bonds. The van der Waals surface area contributed by atoms with Crippen LogP contribution in [0.5, 0.6) is 0 Å². The summed E-state index contributed by atoms with van der Waals surface area (Å²) in [6.45, 7) is 9.26. The minimum Gasteiger partial charge on any atom is -0.309 e. The third-order valence-electron chi connectivity index (χ3n) is 32.0. The summed E-state index contributed by atoms with van der Waals surface area (Å²) >= 11 is 0. The number of hydrogen-bond donors (Lipinski definition) is 0. The van der Waals surface area contributed by atoms with Crippen molar-refractivity contribution in [1.29, 1.82) is 0 Å². The van der Waals surface area contributed by atoms with E-state index in [1.54, 1.807) is 22.3 Å². The zero-order valence-corrected chi connectivity index (χ0v) is 72.7. The van der Waals surface area contributed by atoms with Crippen LogP contribution in [0.15, 0.2) is 346 Å². The summed E-state index contributed by atoms with van der Waals surface area (Å²) in [4.78, 5) is 31.2. The van der Waals surface area contributed by atoms with Crippen molar-refractivity contribution in [3.8, 4) is 152 Å². The molecule has 0 aliphatic heterocycles. The van der Waals surface area contributed by atoms with Crippen molar-refractivity contribution in [2.24, 2.45) is 47.3 Å². The Morgan fingerprint density at radius 3 is 0.961 bits per heavy atom. The molecule has 3 aromatic heterocycles. The highest BCUT2D eigenvalue weighted by atomic mass is 15.0. The quantitative estimate of drug-likeness (QED) is 0.128. The van der Waals surface area contributed by atoms with E-state index in [0.29, 0.717) is 58.6 Å². The smallest absolute Gasteiger partial charge is 0.164 e. The van der Waals surface area contributed by atoms with Crippen LogP contribution >= 0.6 is 0 Å². The van der Waals surface area contributed by atoms with Crippen LogP contribution in [0.4, 0.5) is 0 Å². The molecule has 0 N–H and O–H groups in total. The summed E-state index contributed by atoms with van der Waals surface area (Å²) in [6, 6.07) is 128. The third kappa shape index (κ3) is 11.8. The van der Waals surface area contributed by atoms with Gasteiger partial charge in [0.1, 0.15) is 0 Å². The summed E-state index contributed by atoms with van der Waals surface area (Å²) in [5, 5.41) is 2.49. The molecule has 7 heteroatoms. The molecular formula is C121H97N7. The van der Waals surface area contributed by atoms with Crippen molar-refractivity contribution in [2.75, 3.05) is 0 Å². The van der Waals surface area contributed by atoms with Crippen LogP contribution in [0, 0.1) is 61.2 Å². The van der Waals surface area contributed by atoms with Crippen LogP contribution in [-0.4, -0.2) is 34.5 Å². The highest BCUT2D eigenvalue weighted by Crippen LogP contribution is 2.72. The van der Waals surface area contributed by atoms with Gasteiger partial charge in [-0.15, -0.1) is 0 Å². The Hall–Kier alpha value is -13.9. The lowest BCUT2D eigenvalue weighted by molar-refractivity contribution is -0.0399. The first-order valence-corrected chi connectivity index (χ1v) is 46.8. The Bertz CT molecular complexity index is 7400. The minimum absolute atomic E-state index is 0.0709. The Balaban J connectivity index is 0.000000136. The number of rotatable bonds is 11. The Labute approximate surface area is 748 Å². The van der Waals surface area contributed by atoms with E-state index in [-0.39, 0.29) is 16.2 Å². The lowest BCUT2D eigenvalue weighted by Gasteiger charge is -2.61. The molecule has 7 nitrogen and oxygen atoms in total. The van der Waals surface area contributed by atoms with Gasteiger partial charge in [0, 0.05) is 66.1 Å². The SMILES string of the molecule is Cc1ccc2c(c1)-c1ccc(-c3cc(-c4ccc5c(c4)C(C)(C)c4ccccc4-5)cc(-c4nc(-c5ccccc5)nc(-c5ccccc5)n4)c3)cc1C21C2CC3CC(C2)CC1C3.Cc1ccc2c(c1)-c1ccc(-c3cc(-c4ccc5c6ccccc6n(-c6ccccc6)c5c4)cc(-c4nc(-c5ccccc5)nc(-c5ccccc5)n4)c3)cc1C21C2CC3CC(C2)CC1C3. The number of nitrogens with zero attached hydrogens (tertiary/aromatic N) is 7. The lowest BCUT2D eigenvalue weighted by Crippen LogP contribution is -2.55. The van der Waals surface area contributed by atoms with Crippen LogP contribution in [0.3, 0.4) is 0 Å². The molecular weight excluding hydrogens is 1550 g/mol. The molecule has 0 saturated heterocycles. The third-order valence-corrected chi connectivity index (χ3v) is 32.0. The van der Waals surface area contributed by atoms with Gasteiger partial charge in [-0.2, -0.15) is 0 Å². The highest BCUT2D eigenvalue weighted by Gasteiger charge is 2.63. The average molecular weight is 1650 g/mol. The van der Waals surface area contributed by atoms with Gasteiger partial charge < -0.3 is 4.57 Å². The summed E-state index contributed by atoms with van der Waals surface area (Å²) in [6.07, 6.45) is 13.8. The summed E-state index contributed by atoms with van der Waals surface area (Å²) in [7, 11) is 0. The lowest BCUT2D eigenvalue weighted by atomic mass is 9.43.